The number of benzene rings is 2. The highest BCUT2D eigenvalue weighted by Crippen LogP contribution is 2.49. The second-order valence-electron chi connectivity index (χ2n) is 8.71. The molecule has 5 rings (SSSR count). The molecular weight excluding hydrogens is 461 g/mol. The number of halogens is 4. The summed E-state index contributed by atoms with van der Waals surface area (Å²) in [6.45, 7) is 0. The molecule has 0 spiro atoms. The van der Waals surface area contributed by atoms with Crippen molar-refractivity contribution >= 4 is 23.4 Å². The van der Waals surface area contributed by atoms with Crippen LogP contribution in [-0.4, -0.2) is 46.4 Å². The Labute approximate surface area is 192 Å². The lowest BCUT2D eigenvalue weighted by Crippen LogP contribution is -2.49. The summed E-state index contributed by atoms with van der Waals surface area (Å²) in [5, 5.41) is 13.2. The maximum absolute atomic E-state index is 13.3. The number of hydrogen-bond acceptors (Lipinski definition) is 4. The first kappa shape index (κ1) is 22.0. The van der Waals surface area contributed by atoms with Crippen LogP contribution >= 0.6 is 11.6 Å². The third-order valence-electron chi connectivity index (χ3n) is 6.50. The zero-order valence-electron chi connectivity index (χ0n) is 17.2. The van der Waals surface area contributed by atoms with E-state index in [1.807, 2.05) is 24.3 Å². The predicted octanol–water partition coefficient (Wildman–Crippen LogP) is 3.62. The van der Waals surface area contributed by atoms with Gasteiger partial charge in [-0.1, -0.05) is 35.9 Å². The molecule has 1 saturated heterocycles. The molecule has 1 saturated carbocycles. The van der Waals surface area contributed by atoms with Gasteiger partial charge >= 0.3 is 6.36 Å². The number of aliphatic hydroxyl groups is 1. The van der Waals surface area contributed by atoms with E-state index < -0.39 is 42.1 Å². The van der Waals surface area contributed by atoms with Gasteiger partial charge in [-0.25, -0.2) is 0 Å². The third-order valence-corrected chi connectivity index (χ3v) is 6.71. The van der Waals surface area contributed by atoms with E-state index >= 15 is 0 Å². The number of alkyl halides is 3. The molecule has 174 valence electrons. The number of hydrogen-bond donors (Lipinski definition) is 2. The Balaban J connectivity index is 1.37. The molecule has 33 heavy (non-hydrogen) atoms. The van der Waals surface area contributed by atoms with Crippen LogP contribution in [0.3, 0.4) is 0 Å². The molecule has 2 fully saturated rings. The van der Waals surface area contributed by atoms with Gasteiger partial charge in [0.25, 0.3) is 5.91 Å². The lowest BCUT2D eigenvalue weighted by atomic mass is 10.1. The Morgan fingerprint density at radius 3 is 2.67 bits per heavy atom. The van der Waals surface area contributed by atoms with E-state index in [0.717, 1.165) is 29.7 Å². The van der Waals surface area contributed by atoms with Gasteiger partial charge in [0, 0.05) is 23.0 Å². The number of ether oxygens (including phenoxy) is 1. The highest BCUT2D eigenvalue weighted by Gasteiger charge is 2.56. The van der Waals surface area contributed by atoms with Crippen LogP contribution in [0, 0.1) is 5.92 Å². The SMILES string of the molecule is O=C(N[C@@H]1c2ccccc2C[C@@H]1O)[C@@H]1C[C@@H]2C[C@@H]2N1C(=O)c1cc(Cl)cc(OC(F)(F)F)c1. The number of nitrogens with zero attached hydrogens (tertiary/aromatic N) is 1. The Hall–Kier alpha value is -2.78. The standard InChI is InChI=1S/C23H20ClF3N2O4/c24-14-5-13(6-15(10-14)33-23(25,26)27)22(32)29-17-7-12(17)8-18(29)21(31)28-20-16-4-2-1-3-11(16)9-19(20)30/h1-6,10,12,17-20,30H,7-9H2,(H,28,31)/t12-,17-,18-,19-,20+/m0/s1. The number of aliphatic hydroxyl groups excluding tert-OH is 1. The number of likely N-dealkylation sites (tertiary alicyclic amines) is 1. The van der Waals surface area contributed by atoms with Crippen LogP contribution in [0.2, 0.25) is 5.02 Å². The van der Waals surface area contributed by atoms with Gasteiger partial charge in [0.05, 0.1) is 12.1 Å². The molecule has 0 bridgehead atoms. The van der Waals surface area contributed by atoms with E-state index in [0.29, 0.717) is 12.8 Å². The van der Waals surface area contributed by atoms with E-state index in [-0.39, 0.29) is 22.5 Å². The third kappa shape index (κ3) is 4.27. The summed E-state index contributed by atoms with van der Waals surface area (Å²) in [6, 6.07) is 9.12. The van der Waals surface area contributed by atoms with Crippen LogP contribution in [0.4, 0.5) is 13.2 Å². The van der Waals surface area contributed by atoms with E-state index in [2.05, 4.69) is 10.1 Å². The highest BCUT2D eigenvalue weighted by atomic mass is 35.5. The van der Waals surface area contributed by atoms with Gasteiger partial charge in [-0.3, -0.25) is 9.59 Å². The van der Waals surface area contributed by atoms with Crippen LogP contribution in [0.5, 0.6) is 5.75 Å². The summed E-state index contributed by atoms with van der Waals surface area (Å²) in [5.74, 6) is -1.42. The minimum Gasteiger partial charge on any atom is -0.406 e. The van der Waals surface area contributed by atoms with Crippen molar-refractivity contribution in [2.24, 2.45) is 5.92 Å². The van der Waals surface area contributed by atoms with Gasteiger partial charge in [-0.05, 0) is 48.1 Å². The number of carbonyl (C=O) groups excluding carboxylic acids is 2. The molecule has 1 heterocycles. The van der Waals surface area contributed by atoms with Crippen molar-refractivity contribution < 1.29 is 32.6 Å². The Morgan fingerprint density at radius 2 is 1.91 bits per heavy atom. The van der Waals surface area contributed by atoms with Crippen LogP contribution < -0.4 is 10.1 Å². The van der Waals surface area contributed by atoms with Gasteiger partial charge in [0.1, 0.15) is 11.8 Å². The molecule has 6 nitrogen and oxygen atoms in total. The summed E-state index contributed by atoms with van der Waals surface area (Å²) < 4.78 is 41.8. The van der Waals surface area contributed by atoms with Gasteiger partial charge in [-0.2, -0.15) is 0 Å². The molecule has 0 radical (unpaired) electrons. The molecule has 10 heteroatoms. The first-order valence-corrected chi connectivity index (χ1v) is 10.9. The summed E-state index contributed by atoms with van der Waals surface area (Å²) in [6.07, 6.45) is -4.09. The fourth-order valence-electron chi connectivity index (χ4n) is 5.01. The Kier molecular flexibility index (Phi) is 5.29. The molecule has 5 atom stereocenters. The molecule has 2 amide bonds. The Bertz CT molecular complexity index is 1130. The summed E-state index contributed by atoms with van der Waals surface area (Å²) >= 11 is 5.93. The number of carbonyl (C=O) groups is 2. The average molecular weight is 481 g/mol. The topological polar surface area (TPSA) is 78.9 Å². The van der Waals surface area contributed by atoms with Crippen molar-refractivity contribution in [3.63, 3.8) is 0 Å². The van der Waals surface area contributed by atoms with E-state index in [4.69, 9.17) is 11.6 Å². The molecular formula is C23H20ClF3N2O4. The fraction of sp³-hybridized carbons (Fsp3) is 0.391. The van der Waals surface area contributed by atoms with E-state index in [9.17, 15) is 27.9 Å². The predicted molar refractivity (Wildman–Crippen MR) is 112 cm³/mol. The van der Waals surface area contributed by atoms with Gasteiger partial charge in [0.2, 0.25) is 5.91 Å². The van der Waals surface area contributed by atoms with Crippen molar-refractivity contribution in [3.8, 4) is 5.75 Å². The van der Waals surface area contributed by atoms with Crippen molar-refractivity contribution in [1.82, 2.24) is 10.2 Å². The van der Waals surface area contributed by atoms with Crippen LogP contribution in [0.15, 0.2) is 42.5 Å². The minimum absolute atomic E-state index is 0.0849. The monoisotopic (exact) mass is 480 g/mol. The summed E-state index contributed by atoms with van der Waals surface area (Å²) in [5.41, 5.74) is 1.70. The molecule has 1 aliphatic heterocycles. The normalized spacial score (nSPS) is 27.7. The van der Waals surface area contributed by atoms with E-state index in [1.165, 1.54) is 11.0 Å². The molecule has 0 aromatic heterocycles. The maximum Gasteiger partial charge on any atom is 0.573 e. The number of piperidine rings is 1. The minimum atomic E-state index is -4.93. The van der Waals surface area contributed by atoms with Gasteiger partial charge in [0.15, 0.2) is 0 Å². The van der Waals surface area contributed by atoms with Crippen LogP contribution in [0.25, 0.3) is 0 Å². The zero-order valence-corrected chi connectivity index (χ0v) is 17.9. The molecule has 2 aromatic rings. The Morgan fingerprint density at radius 1 is 1.15 bits per heavy atom. The lowest BCUT2D eigenvalue weighted by Gasteiger charge is -2.29. The number of rotatable bonds is 4. The summed E-state index contributed by atoms with van der Waals surface area (Å²) in [4.78, 5) is 27.9. The lowest BCUT2D eigenvalue weighted by molar-refractivity contribution is -0.274. The first-order valence-electron chi connectivity index (χ1n) is 10.6. The largest absolute Gasteiger partial charge is 0.573 e. The van der Waals surface area contributed by atoms with Gasteiger partial charge < -0.3 is 20.1 Å². The molecule has 0 unspecified atom stereocenters. The first-order chi connectivity index (χ1) is 15.6. The van der Waals surface area contributed by atoms with Crippen molar-refractivity contribution in [2.75, 3.05) is 0 Å². The molecule has 3 aliphatic rings. The second-order valence-corrected chi connectivity index (χ2v) is 9.14. The molecule has 2 aliphatic carbocycles. The van der Waals surface area contributed by atoms with Crippen molar-refractivity contribution in [3.05, 3.63) is 64.2 Å². The van der Waals surface area contributed by atoms with Gasteiger partial charge in [-0.15, -0.1) is 13.2 Å². The second kappa shape index (κ2) is 7.92. The number of fused-ring (bicyclic) bond motifs is 2. The average Bonchev–Trinajstić information content (AvgIpc) is 3.28. The zero-order chi connectivity index (χ0) is 23.5. The summed E-state index contributed by atoms with van der Waals surface area (Å²) in [7, 11) is 0. The van der Waals surface area contributed by atoms with E-state index in [1.54, 1.807) is 0 Å². The highest BCUT2D eigenvalue weighted by molar-refractivity contribution is 6.31. The maximum atomic E-state index is 13.3. The fourth-order valence-corrected chi connectivity index (χ4v) is 5.23. The van der Waals surface area contributed by atoms with Crippen LogP contribution in [-0.2, 0) is 11.2 Å². The number of amides is 2. The van der Waals surface area contributed by atoms with Crippen LogP contribution in [0.1, 0.15) is 40.4 Å². The number of nitrogens with one attached hydrogen (secondary N) is 1. The molecule has 2 aromatic carbocycles. The smallest absolute Gasteiger partial charge is 0.406 e. The van der Waals surface area contributed by atoms with Crippen molar-refractivity contribution in [2.45, 2.75) is 49.9 Å². The molecule has 2 N–H and O–H groups in total. The quantitative estimate of drug-likeness (QED) is 0.700. The van der Waals surface area contributed by atoms with Crippen molar-refractivity contribution in [1.29, 1.82) is 0 Å².